The molecule has 0 saturated heterocycles. The van der Waals surface area contributed by atoms with Gasteiger partial charge in [-0.3, -0.25) is 0 Å². The fourth-order valence-corrected chi connectivity index (χ4v) is 2.94. The molecule has 2 aromatic rings. The van der Waals surface area contributed by atoms with Gasteiger partial charge in [0.25, 0.3) is 0 Å². The Hall–Kier alpha value is -1.46. The molecule has 0 fully saturated rings. The molecule has 5 heteroatoms. The van der Waals surface area contributed by atoms with Gasteiger partial charge >= 0.3 is 0 Å². The highest BCUT2D eigenvalue weighted by Gasteiger charge is 2.29. The van der Waals surface area contributed by atoms with Gasteiger partial charge in [0.05, 0.1) is 4.47 Å². The van der Waals surface area contributed by atoms with Gasteiger partial charge in [0.2, 0.25) is 0 Å². The third-order valence-electron chi connectivity index (χ3n) is 3.73. The summed E-state index contributed by atoms with van der Waals surface area (Å²) >= 11 is 3.06. The second kappa shape index (κ2) is 5.73. The molecule has 0 saturated carbocycles. The van der Waals surface area contributed by atoms with Crippen molar-refractivity contribution in [1.29, 1.82) is 0 Å². The highest BCUT2D eigenvalue weighted by Crippen LogP contribution is 2.30. The summed E-state index contributed by atoms with van der Waals surface area (Å²) < 4.78 is 33.8. The predicted molar refractivity (Wildman–Crippen MR) is 80.3 cm³/mol. The van der Waals surface area contributed by atoms with Gasteiger partial charge in [-0.2, -0.15) is 0 Å². The van der Waals surface area contributed by atoms with E-state index in [0.29, 0.717) is 6.42 Å². The van der Waals surface area contributed by atoms with E-state index in [2.05, 4.69) is 15.9 Å². The summed E-state index contributed by atoms with van der Waals surface area (Å²) in [5.41, 5.74) is 7.18. The van der Waals surface area contributed by atoms with Gasteiger partial charge in [0.1, 0.15) is 23.5 Å². The Kier molecular flexibility index (Phi) is 3.95. The smallest absolute Gasteiger partial charge is 0.143 e. The van der Waals surface area contributed by atoms with Crippen LogP contribution in [0.4, 0.5) is 8.78 Å². The van der Waals surface area contributed by atoms with Gasteiger partial charge < -0.3 is 10.5 Å². The lowest BCUT2D eigenvalue weighted by Gasteiger charge is -2.20. The lowest BCUT2D eigenvalue weighted by molar-refractivity contribution is 0.197. The summed E-state index contributed by atoms with van der Waals surface area (Å²) in [6.45, 7) is 0. The molecule has 1 heterocycles. The highest BCUT2D eigenvalue weighted by atomic mass is 79.9. The van der Waals surface area contributed by atoms with E-state index in [-0.39, 0.29) is 22.6 Å². The first-order valence-electron chi connectivity index (χ1n) is 6.69. The molecule has 1 aliphatic heterocycles. The Labute approximate surface area is 130 Å². The fourth-order valence-electron chi connectivity index (χ4n) is 2.57. The molecule has 0 aliphatic carbocycles. The molecule has 0 aromatic heterocycles. The zero-order valence-electron chi connectivity index (χ0n) is 11.2. The maximum Gasteiger partial charge on any atom is 0.143 e. The minimum Gasteiger partial charge on any atom is -0.488 e. The van der Waals surface area contributed by atoms with E-state index in [1.807, 2.05) is 24.3 Å². The molecule has 2 nitrogen and oxygen atoms in total. The summed E-state index contributed by atoms with van der Waals surface area (Å²) in [5, 5.41) is 0. The Morgan fingerprint density at radius 2 is 2.00 bits per heavy atom. The third kappa shape index (κ3) is 2.80. The van der Waals surface area contributed by atoms with Crippen LogP contribution in [0.15, 0.2) is 40.9 Å². The van der Waals surface area contributed by atoms with Crippen LogP contribution in [-0.2, 0) is 12.8 Å². The molecule has 2 unspecified atom stereocenters. The molecule has 1 aliphatic rings. The second-order valence-corrected chi connectivity index (χ2v) is 6.01. The zero-order valence-corrected chi connectivity index (χ0v) is 12.7. The summed E-state index contributed by atoms with van der Waals surface area (Å²) in [4.78, 5) is 0. The molecule has 0 radical (unpaired) electrons. The average molecular weight is 354 g/mol. The highest BCUT2D eigenvalue weighted by molar-refractivity contribution is 9.10. The number of hydrogen-bond acceptors (Lipinski definition) is 2. The molecular weight excluding hydrogens is 340 g/mol. The Morgan fingerprint density at radius 1 is 1.24 bits per heavy atom. The molecule has 2 atom stereocenters. The molecule has 2 N–H and O–H groups in total. The SMILES string of the molecule is NC(Cc1c(F)ccc(Br)c1F)C1Cc2ccccc2O1. The monoisotopic (exact) mass is 353 g/mol. The summed E-state index contributed by atoms with van der Waals surface area (Å²) in [5.74, 6) is -0.379. The van der Waals surface area contributed by atoms with Crippen LogP contribution in [0.25, 0.3) is 0 Å². The second-order valence-electron chi connectivity index (χ2n) is 5.16. The molecular formula is C16H14BrF2NO. The van der Waals surface area contributed by atoms with Gasteiger partial charge in [0.15, 0.2) is 0 Å². The van der Waals surface area contributed by atoms with Crippen molar-refractivity contribution in [3.63, 3.8) is 0 Å². The van der Waals surface area contributed by atoms with Crippen molar-refractivity contribution in [1.82, 2.24) is 0 Å². The first-order chi connectivity index (χ1) is 10.1. The average Bonchev–Trinajstić information content (AvgIpc) is 2.91. The quantitative estimate of drug-likeness (QED) is 0.855. The van der Waals surface area contributed by atoms with Crippen LogP contribution >= 0.6 is 15.9 Å². The molecule has 2 aromatic carbocycles. The maximum absolute atomic E-state index is 14.0. The lowest BCUT2D eigenvalue weighted by Crippen LogP contribution is -2.40. The van der Waals surface area contributed by atoms with E-state index in [1.165, 1.54) is 12.1 Å². The predicted octanol–water partition coefficient (Wildman–Crippen LogP) is 3.60. The molecule has 0 spiro atoms. The Balaban J connectivity index is 1.77. The number of ether oxygens (including phenoxy) is 1. The standard InChI is InChI=1S/C16H14BrF2NO/c17-11-5-6-12(18)10(16(11)19)8-13(20)15-7-9-3-1-2-4-14(9)21-15/h1-6,13,15H,7-8,20H2. The lowest BCUT2D eigenvalue weighted by atomic mass is 9.98. The molecule has 0 amide bonds. The fraction of sp³-hybridized carbons (Fsp3) is 0.250. The molecule has 110 valence electrons. The molecule has 21 heavy (non-hydrogen) atoms. The number of benzene rings is 2. The molecule has 0 bridgehead atoms. The van der Waals surface area contributed by atoms with Crippen molar-refractivity contribution in [2.75, 3.05) is 0 Å². The normalized spacial score (nSPS) is 18.2. The maximum atomic E-state index is 14.0. The molecule has 3 rings (SSSR count). The number of rotatable bonds is 3. The van der Waals surface area contributed by atoms with Crippen LogP contribution in [0.3, 0.4) is 0 Å². The van der Waals surface area contributed by atoms with E-state index in [9.17, 15) is 8.78 Å². The van der Waals surface area contributed by atoms with E-state index in [0.717, 1.165) is 11.3 Å². The van der Waals surface area contributed by atoms with Crippen molar-refractivity contribution >= 4 is 15.9 Å². The van der Waals surface area contributed by atoms with Crippen molar-refractivity contribution in [3.8, 4) is 5.75 Å². The van der Waals surface area contributed by atoms with Crippen LogP contribution in [-0.4, -0.2) is 12.1 Å². The van der Waals surface area contributed by atoms with Crippen LogP contribution < -0.4 is 10.5 Å². The van der Waals surface area contributed by atoms with Crippen molar-refractivity contribution in [3.05, 3.63) is 63.6 Å². The van der Waals surface area contributed by atoms with Gasteiger partial charge in [-0.25, -0.2) is 8.78 Å². The number of fused-ring (bicyclic) bond motifs is 1. The summed E-state index contributed by atoms with van der Waals surface area (Å²) in [6.07, 6.45) is 0.491. The van der Waals surface area contributed by atoms with E-state index >= 15 is 0 Å². The van der Waals surface area contributed by atoms with Crippen LogP contribution in [0.5, 0.6) is 5.75 Å². The Morgan fingerprint density at radius 3 is 2.76 bits per heavy atom. The number of nitrogens with two attached hydrogens (primary N) is 1. The van der Waals surface area contributed by atoms with Gasteiger partial charge in [-0.1, -0.05) is 18.2 Å². The van der Waals surface area contributed by atoms with E-state index in [4.69, 9.17) is 10.5 Å². The zero-order chi connectivity index (χ0) is 15.0. The third-order valence-corrected chi connectivity index (χ3v) is 4.34. The van der Waals surface area contributed by atoms with Crippen molar-refractivity contribution in [2.45, 2.75) is 25.0 Å². The van der Waals surface area contributed by atoms with E-state index < -0.39 is 17.7 Å². The first kappa shape index (κ1) is 14.5. The number of halogens is 3. The van der Waals surface area contributed by atoms with Gasteiger partial charge in [-0.05, 0) is 46.1 Å². The summed E-state index contributed by atoms with van der Waals surface area (Å²) in [7, 11) is 0. The largest absolute Gasteiger partial charge is 0.488 e. The van der Waals surface area contributed by atoms with Gasteiger partial charge in [-0.15, -0.1) is 0 Å². The van der Waals surface area contributed by atoms with Crippen molar-refractivity contribution < 1.29 is 13.5 Å². The topological polar surface area (TPSA) is 35.2 Å². The van der Waals surface area contributed by atoms with Gasteiger partial charge in [0, 0.05) is 18.0 Å². The minimum absolute atomic E-state index is 0.00330. The van der Waals surface area contributed by atoms with Crippen LogP contribution in [0.1, 0.15) is 11.1 Å². The van der Waals surface area contributed by atoms with Crippen LogP contribution in [0, 0.1) is 11.6 Å². The first-order valence-corrected chi connectivity index (χ1v) is 7.48. The van der Waals surface area contributed by atoms with Crippen molar-refractivity contribution in [2.24, 2.45) is 5.73 Å². The number of hydrogen-bond donors (Lipinski definition) is 1. The summed E-state index contributed by atoms with van der Waals surface area (Å²) in [6, 6.07) is 9.78. The number of para-hydroxylation sites is 1. The minimum atomic E-state index is -0.596. The Bertz CT molecular complexity index is 652. The van der Waals surface area contributed by atoms with Crippen LogP contribution in [0.2, 0.25) is 0 Å². The van der Waals surface area contributed by atoms with E-state index in [1.54, 1.807) is 0 Å².